The molecule has 90 valence electrons. The third-order valence-electron chi connectivity index (χ3n) is 3.60. The second-order valence-corrected chi connectivity index (χ2v) is 4.81. The molecule has 2 N–H and O–H groups in total. The number of nitrogens with one attached hydrogen (secondary N) is 1. The van der Waals surface area contributed by atoms with Crippen molar-refractivity contribution in [3.05, 3.63) is 0 Å². The Morgan fingerprint density at radius 1 is 1.38 bits per heavy atom. The Morgan fingerprint density at radius 2 is 2.12 bits per heavy atom. The summed E-state index contributed by atoms with van der Waals surface area (Å²) in [6, 6.07) is -0.0836. The van der Waals surface area contributed by atoms with Crippen LogP contribution < -0.4 is 5.32 Å². The van der Waals surface area contributed by atoms with E-state index in [1.54, 1.807) is 4.90 Å². The normalized spacial score (nSPS) is 34.3. The largest absolute Gasteiger partial charge is 0.481 e. The van der Waals surface area contributed by atoms with Crippen molar-refractivity contribution >= 4 is 11.9 Å². The molecule has 0 spiro atoms. The number of carboxylic acids is 1. The number of carbonyl (C=O) groups excluding carboxylic acids is 1. The molecule has 2 rings (SSSR count). The van der Waals surface area contributed by atoms with Gasteiger partial charge in [0.2, 0.25) is 5.91 Å². The fourth-order valence-electron chi connectivity index (χ4n) is 2.58. The van der Waals surface area contributed by atoms with Gasteiger partial charge >= 0.3 is 5.97 Å². The lowest BCUT2D eigenvalue weighted by atomic mass is 9.99. The minimum Gasteiger partial charge on any atom is -0.481 e. The van der Waals surface area contributed by atoms with Crippen LogP contribution >= 0.6 is 0 Å². The molecule has 0 aromatic rings. The Kier molecular flexibility index (Phi) is 3.14. The second kappa shape index (κ2) is 4.41. The van der Waals surface area contributed by atoms with Gasteiger partial charge in [-0.3, -0.25) is 9.59 Å². The summed E-state index contributed by atoms with van der Waals surface area (Å²) in [7, 11) is 0. The fourth-order valence-corrected chi connectivity index (χ4v) is 2.58. The number of nitrogens with zero attached hydrogens (tertiary/aromatic N) is 1. The predicted molar refractivity (Wildman–Crippen MR) is 57.9 cm³/mol. The molecule has 0 bridgehead atoms. The number of rotatable bonds is 2. The number of hydrogen-bond donors (Lipinski definition) is 2. The maximum absolute atomic E-state index is 12.0. The van der Waals surface area contributed by atoms with Crippen molar-refractivity contribution in [2.45, 2.75) is 25.8 Å². The van der Waals surface area contributed by atoms with Crippen LogP contribution in [0.25, 0.3) is 0 Å². The molecular weight excluding hydrogens is 208 g/mol. The van der Waals surface area contributed by atoms with Crippen LogP contribution in [0.15, 0.2) is 0 Å². The van der Waals surface area contributed by atoms with Crippen LogP contribution in [-0.4, -0.2) is 47.6 Å². The number of hydrogen-bond acceptors (Lipinski definition) is 3. The quantitative estimate of drug-likeness (QED) is 0.691. The molecule has 1 amide bonds. The van der Waals surface area contributed by atoms with Gasteiger partial charge in [-0.1, -0.05) is 6.92 Å². The molecule has 0 aliphatic carbocycles. The highest BCUT2D eigenvalue weighted by molar-refractivity contribution is 5.83. The van der Waals surface area contributed by atoms with Gasteiger partial charge in [-0.2, -0.15) is 0 Å². The first-order chi connectivity index (χ1) is 7.59. The van der Waals surface area contributed by atoms with Gasteiger partial charge in [0, 0.05) is 13.1 Å². The molecule has 0 aromatic heterocycles. The molecule has 2 aliphatic heterocycles. The Hall–Kier alpha value is -1.10. The number of amides is 1. The Bertz CT molecular complexity index is 300. The minimum atomic E-state index is -0.790. The van der Waals surface area contributed by atoms with E-state index in [4.69, 9.17) is 5.11 Å². The van der Waals surface area contributed by atoms with Crippen molar-refractivity contribution in [1.29, 1.82) is 0 Å². The van der Waals surface area contributed by atoms with Crippen molar-refractivity contribution in [2.75, 3.05) is 19.6 Å². The van der Waals surface area contributed by atoms with E-state index in [9.17, 15) is 9.59 Å². The van der Waals surface area contributed by atoms with Gasteiger partial charge in [0.15, 0.2) is 0 Å². The Labute approximate surface area is 94.8 Å². The smallest absolute Gasteiger partial charge is 0.308 e. The Balaban J connectivity index is 1.96. The summed E-state index contributed by atoms with van der Waals surface area (Å²) in [6.45, 7) is 3.73. The van der Waals surface area contributed by atoms with E-state index in [1.807, 2.05) is 6.92 Å². The summed E-state index contributed by atoms with van der Waals surface area (Å²) in [5.74, 6) is -1.05. The van der Waals surface area contributed by atoms with Gasteiger partial charge < -0.3 is 15.3 Å². The summed E-state index contributed by atoms with van der Waals surface area (Å²) < 4.78 is 0. The van der Waals surface area contributed by atoms with E-state index in [2.05, 4.69) is 5.32 Å². The molecule has 3 atom stereocenters. The summed E-state index contributed by atoms with van der Waals surface area (Å²) in [5, 5.41) is 12.1. The molecule has 0 unspecified atom stereocenters. The van der Waals surface area contributed by atoms with Crippen LogP contribution in [0.1, 0.15) is 19.8 Å². The van der Waals surface area contributed by atoms with Gasteiger partial charge in [0.05, 0.1) is 12.0 Å². The van der Waals surface area contributed by atoms with Gasteiger partial charge in [-0.05, 0) is 25.3 Å². The molecule has 5 heteroatoms. The molecule has 2 fully saturated rings. The van der Waals surface area contributed by atoms with E-state index in [0.29, 0.717) is 13.1 Å². The lowest BCUT2D eigenvalue weighted by Gasteiger charge is -2.20. The maximum atomic E-state index is 12.0. The lowest BCUT2D eigenvalue weighted by Crippen LogP contribution is -2.42. The molecule has 2 aliphatic rings. The van der Waals surface area contributed by atoms with E-state index in [0.717, 1.165) is 19.4 Å². The third kappa shape index (κ3) is 2.04. The average molecular weight is 226 g/mol. The van der Waals surface area contributed by atoms with Gasteiger partial charge in [-0.15, -0.1) is 0 Å². The van der Waals surface area contributed by atoms with Crippen LogP contribution in [-0.2, 0) is 9.59 Å². The molecule has 0 radical (unpaired) electrons. The van der Waals surface area contributed by atoms with E-state index in [-0.39, 0.29) is 17.9 Å². The zero-order chi connectivity index (χ0) is 11.7. The van der Waals surface area contributed by atoms with E-state index in [1.165, 1.54) is 0 Å². The summed E-state index contributed by atoms with van der Waals surface area (Å²) in [6.07, 6.45) is 1.91. The predicted octanol–water partition coefficient (Wildman–Crippen LogP) is -0.0825. The van der Waals surface area contributed by atoms with Crippen LogP contribution in [0, 0.1) is 11.8 Å². The maximum Gasteiger partial charge on any atom is 0.308 e. The van der Waals surface area contributed by atoms with Gasteiger partial charge in [0.25, 0.3) is 0 Å². The van der Waals surface area contributed by atoms with Crippen LogP contribution in [0.2, 0.25) is 0 Å². The zero-order valence-electron chi connectivity index (χ0n) is 9.48. The summed E-state index contributed by atoms with van der Waals surface area (Å²) in [4.78, 5) is 24.7. The van der Waals surface area contributed by atoms with Gasteiger partial charge in [-0.25, -0.2) is 0 Å². The van der Waals surface area contributed by atoms with Gasteiger partial charge in [0.1, 0.15) is 0 Å². The monoisotopic (exact) mass is 226 g/mol. The summed E-state index contributed by atoms with van der Waals surface area (Å²) >= 11 is 0. The summed E-state index contributed by atoms with van der Waals surface area (Å²) in [5.41, 5.74) is 0. The molecule has 2 heterocycles. The molecule has 2 saturated heterocycles. The van der Waals surface area contributed by atoms with E-state index >= 15 is 0 Å². The highest BCUT2D eigenvalue weighted by Crippen LogP contribution is 2.24. The number of carboxylic acid groups (broad SMARTS) is 1. The first-order valence-corrected chi connectivity index (χ1v) is 5.84. The molecule has 0 saturated carbocycles. The second-order valence-electron chi connectivity index (χ2n) is 4.81. The average Bonchev–Trinajstić information content (AvgIpc) is 2.84. The minimum absolute atomic E-state index is 0.0582. The van der Waals surface area contributed by atoms with Crippen LogP contribution in [0.4, 0.5) is 0 Å². The van der Waals surface area contributed by atoms with E-state index < -0.39 is 11.9 Å². The van der Waals surface area contributed by atoms with Crippen LogP contribution in [0.3, 0.4) is 0 Å². The molecule has 5 nitrogen and oxygen atoms in total. The zero-order valence-corrected chi connectivity index (χ0v) is 9.48. The van der Waals surface area contributed by atoms with Crippen LogP contribution in [0.5, 0.6) is 0 Å². The highest BCUT2D eigenvalue weighted by Gasteiger charge is 2.39. The standard InChI is InChI=1S/C11H18N2O3/c1-7-5-13(6-8(7)11(15)16)10(14)9-3-2-4-12-9/h7-9,12H,2-6H2,1H3,(H,15,16)/t7-,8-,9-/m1/s1. The molecular formula is C11H18N2O3. The SMILES string of the molecule is C[C@@H]1CN(C(=O)[C@H]2CCCN2)C[C@H]1C(=O)O. The van der Waals surface area contributed by atoms with Crippen molar-refractivity contribution in [2.24, 2.45) is 11.8 Å². The molecule has 16 heavy (non-hydrogen) atoms. The fraction of sp³-hybridized carbons (Fsp3) is 0.818. The van der Waals surface area contributed by atoms with Crippen molar-refractivity contribution < 1.29 is 14.7 Å². The van der Waals surface area contributed by atoms with Crippen molar-refractivity contribution in [3.8, 4) is 0 Å². The first kappa shape index (κ1) is 11.4. The Morgan fingerprint density at radius 3 is 2.62 bits per heavy atom. The number of carbonyl (C=O) groups is 2. The number of aliphatic carboxylic acids is 1. The highest BCUT2D eigenvalue weighted by atomic mass is 16.4. The molecule has 0 aromatic carbocycles. The third-order valence-corrected chi connectivity index (χ3v) is 3.60. The van der Waals surface area contributed by atoms with Crippen molar-refractivity contribution in [3.63, 3.8) is 0 Å². The number of likely N-dealkylation sites (tertiary alicyclic amines) is 1. The van der Waals surface area contributed by atoms with Crippen molar-refractivity contribution in [1.82, 2.24) is 10.2 Å². The first-order valence-electron chi connectivity index (χ1n) is 5.84. The topological polar surface area (TPSA) is 69.6 Å². The lowest BCUT2D eigenvalue weighted by molar-refractivity contribution is -0.142.